The van der Waals surface area contributed by atoms with Crippen molar-refractivity contribution >= 4 is 0 Å². The van der Waals surface area contributed by atoms with Crippen molar-refractivity contribution in [2.45, 2.75) is 31.6 Å². The molecule has 2 atom stereocenters. The lowest BCUT2D eigenvalue weighted by molar-refractivity contribution is 0.473. The van der Waals surface area contributed by atoms with Crippen LogP contribution >= 0.6 is 0 Å². The van der Waals surface area contributed by atoms with Gasteiger partial charge in [-0.1, -0.05) is 49.4 Å². The molecule has 3 rings (SSSR count). The Balaban J connectivity index is 1.97. The van der Waals surface area contributed by atoms with Gasteiger partial charge < -0.3 is 5.11 Å². The molecular weight excluding hydrogens is 294 g/mol. The molecule has 1 aromatic heterocycles. The van der Waals surface area contributed by atoms with E-state index in [0.29, 0.717) is 17.6 Å². The molecule has 0 aliphatic carbocycles. The summed E-state index contributed by atoms with van der Waals surface area (Å²) in [5.74, 6) is 1.09. The standard InChI is InChI=1S/C22H23NO/c1-2-21(18-8-10-20(24)11-9-18)22(19-12-14-23-15-13-19)16-17-6-4-3-5-7-17/h3-15,21-22,24H,2,16H2,1H3/t21-,22+/m1/s1. The quantitative estimate of drug-likeness (QED) is 0.668. The number of hydrogen-bond acceptors (Lipinski definition) is 2. The molecule has 24 heavy (non-hydrogen) atoms. The molecule has 122 valence electrons. The summed E-state index contributed by atoms with van der Waals surface area (Å²) >= 11 is 0. The van der Waals surface area contributed by atoms with Crippen LogP contribution in [0, 0.1) is 0 Å². The molecule has 2 aromatic carbocycles. The lowest BCUT2D eigenvalue weighted by Gasteiger charge is -2.27. The third-order valence-corrected chi connectivity index (χ3v) is 4.68. The Morgan fingerprint density at radius 3 is 2.04 bits per heavy atom. The molecule has 0 fully saturated rings. The zero-order chi connectivity index (χ0) is 16.8. The van der Waals surface area contributed by atoms with Crippen molar-refractivity contribution in [3.63, 3.8) is 0 Å². The summed E-state index contributed by atoms with van der Waals surface area (Å²) in [6.45, 7) is 2.23. The lowest BCUT2D eigenvalue weighted by Crippen LogP contribution is -2.14. The van der Waals surface area contributed by atoms with Crippen LogP contribution in [0.1, 0.15) is 41.9 Å². The monoisotopic (exact) mass is 317 g/mol. The first kappa shape index (κ1) is 16.3. The Kier molecular flexibility index (Phi) is 5.27. The SMILES string of the molecule is CC[C@H](c1ccc(O)cc1)[C@@H](Cc1ccccc1)c1ccncc1. The highest BCUT2D eigenvalue weighted by atomic mass is 16.3. The van der Waals surface area contributed by atoms with E-state index in [0.717, 1.165) is 12.8 Å². The molecule has 0 aliphatic rings. The van der Waals surface area contributed by atoms with E-state index in [2.05, 4.69) is 54.4 Å². The van der Waals surface area contributed by atoms with Crippen LogP contribution in [0.4, 0.5) is 0 Å². The topological polar surface area (TPSA) is 33.1 Å². The fourth-order valence-corrected chi connectivity index (χ4v) is 3.45. The maximum Gasteiger partial charge on any atom is 0.115 e. The molecule has 0 spiro atoms. The predicted molar refractivity (Wildman–Crippen MR) is 98.3 cm³/mol. The largest absolute Gasteiger partial charge is 0.508 e. The molecule has 0 saturated heterocycles. The van der Waals surface area contributed by atoms with Gasteiger partial charge in [0.2, 0.25) is 0 Å². The summed E-state index contributed by atoms with van der Waals surface area (Å²) in [4.78, 5) is 4.17. The van der Waals surface area contributed by atoms with Crippen LogP contribution in [0.15, 0.2) is 79.1 Å². The van der Waals surface area contributed by atoms with Gasteiger partial charge in [-0.2, -0.15) is 0 Å². The van der Waals surface area contributed by atoms with E-state index >= 15 is 0 Å². The van der Waals surface area contributed by atoms with Gasteiger partial charge in [0.05, 0.1) is 0 Å². The number of nitrogens with zero attached hydrogens (tertiary/aromatic N) is 1. The van der Waals surface area contributed by atoms with Crippen LogP contribution in [0.5, 0.6) is 5.75 Å². The average molecular weight is 317 g/mol. The number of aromatic hydroxyl groups is 1. The normalized spacial score (nSPS) is 13.4. The van der Waals surface area contributed by atoms with E-state index in [1.54, 1.807) is 12.1 Å². The minimum atomic E-state index is 0.317. The molecule has 0 radical (unpaired) electrons. The summed E-state index contributed by atoms with van der Waals surface area (Å²) in [5, 5.41) is 9.59. The van der Waals surface area contributed by atoms with Gasteiger partial charge in [0.1, 0.15) is 5.75 Å². The van der Waals surface area contributed by atoms with E-state index in [9.17, 15) is 5.11 Å². The Bertz CT molecular complexity index is 738. The Morgan fingerprint density at radius 2 is 1.42 bits per heavy atom. The van der Waals surface area contributed by atoms with Crippen LogP contribution in [0.3, 0.4) is 0 Å². The summed E-state index contributed by atoms with van der Waals surface area (Å²) < 4.78 is 0. The molecule has 1 N–H and O–H groups in total. The number of phenols is 1. The number of pyridine rings is 1. The van der Waals surface area contributed by atoms with Crippen molar-refractivity contribution in [3.8, 4) is 5.75 Å². The van der Waals surface area contributed by atoms with Gasteiger partial charge in [0.25, 0.3) is 0 Å². The Hall–Kier alpha value is -2.61. The maximum absolute atomic E-state index is 9.59. The summed E-state index contributed by atoms with van der Waals surface area (Å²) in [6, 6.07) is 22.5. The van der Waals surface area contributed by atoms with E-state index in [-0.39, 0.29) is 0 Å². The highest BCUT2D eigenvalue weighted by Gasteiger charge is 2.24. The second kappa shape index (κ2) is 7.78. The molecule has 0 amide bonds. The first-order valence-electron chi connectivity index (χ1n) is 8.50. The zero-order valence-corrected chi connectivity index (χ0v) is 14.0. The van der Waals surface area contributed by atoms with Crippen LogP contribution in [0.25, 0.3) is 0 Å². The highest BCUT2D eigenvalue weighted by Crippen LogP contribution is 2.38. The molecule has 3 aromatic rings. The van der Waals surface area contributed by atoms with Gasteiger partial charge in [0, 0.05) is 12.4 Å². The van der Waals surface area contributed by atoms with Crippen molar-refractivity contribution < 1.29 is 5.11 Å². The van der Waals surface area contributed by atoms with Crippen molar-refractivity contribution in [3.05, 3.63) is 95.8 Å². The van der Waals surface area contributed by atoms with Gasteiger partial charge in [-0.05, 0) is 65.6 Å². The van der Waals surface area contributed by atoms with Gasteiger partial charge in [-0.25, -0.2) is 0 Å². The Morgan fingerprint density at radius 1 is 0.792 bits per heavy atom. The second-order valence-electron chi connectivity index (χ2n) is 6.18. The van der Waals surface area contributed by atoms with Crippen LogP contribution in [-0.2, 0) is 6.42 Å². The minimum absolute atomic E-state index is 0.317. The first-order chi connectivity index (χ1) is 11.8. The minimum Gasteiger partial charge on any atom is -0.508 e. The van der Waals surface area contributed by atoms with Gasteiger partial charge in [-0.15, -0.1) is 0 Å². The summed E-state index contributed by atoms with van der Waals surface area (Å²) in [7, 11) is 0. The number of rotatable bonds is 6. The molecule has 2 heteroatoms. The summed E-state index contributed by atoms with van der Waals surface area (Å²) in [5.41, 5.74) is 3.93. The lowest BCUT2D eigenvalue weighted by atomic mass is 9.77. The Labute approximate surface area is 143 Å². The molecule has 0 saturated carbocycles. The van der Waals surface area contributed by atoms with Crippen LogP contribution in [0.2, 0.25) is 0 Å². The average Bonchev–Trinajstić information content (AvgIpc) is 2.64. The maximum atomic E-state index is 9.59. The smallest absolute Gasteiger partial charge is 0.115 e. The van der Waals surface area contributed by atoms with E-state index in [1.165, 1.54) is 16.7 Å². The molecular formula is C22H23NO. The fraction of sp³-hybridized carbons (Fsp3) is 0.227. The third kappa shape index (κ3) is 3.83. The van der Waals surface area contributed by atoms with Crippen LogP contribution in [-0.4, -0.2) is 10.1 Å². The zero-order valence-electron chi connectivity index (χ0n) is 14.0. The van der Waals surface area contributed by atoms with Crippen LogP contribution < -0.4 is 0 Å². The van der Waals surface area contributed by atoms with Gasteiger partial charge >= 0.3 is 0 Å². The van der Waals surface area contributed by atoms with Gasteiger partial charge in [-0.3, -0.25) is 4.98 Å². The number of hydrogen-bond donors (Lipinski definition) is 1. The molecule has 2 nitrogen and oxygen atoms in total. The van der Waals surface area contributed by atoms with Crippen molar-refractivity contribution in [1.29, 1.82) is 0 Å². The molecule has 0 aliphatic heterocycles. The van der Waals surface area contributed by atoms with Gasteiger partial charge in [0.15, 0.2) is 0 Å². The highest BCUT2D eigenvalue weighted by molar-refractivity contribution is 5.33. The second-order valence-corrected chi connectivity index (χ2v) is 6.18. The first-order valence-corrected chi connectivity index (χ1v) is 8.50. The van der Waals surface area contributed by atoms with E-state index < -0.39 is 0 Å². The molecule has 0 unspecified atom stereocenters. The fourth-order valence-electron chi connectivity index (χ4n) is 3.45. The van der Waals surface area contributed by atoms with E-state index in [1.807, 2.05) is 24.5 Å². The molecule has 0 bridgehead atoms. The number of aromatic nitrogens is 1. The van der Waals surface area contributed by atoms with Crippen molar-refractivity contribution in [2.24, 2.45) is 0 Å². The predicted octanol–water partition coefficient (Wildman–Crippen LogP) is 5.31. The van der Waals surface area contributed by atoms with Crippen molar-refractivity contribution in [1.82, 2.24) is 4.98 Å². The third-order valence-electron chi connectivity index (χ3n) is 4.68. The molecule has 1 heterocycles. The summed E-state index contributed by atoms with van der Waals surface area (Å²) in [6.07, 6.45) is 5.78. The van der Waals surface area contributed by atoms with E-state index in [4.69, 9.17) is 0 Å². The number of benzene rings is 2. The number of phenolic OH excluding ortho intramolecular Hbond substituents is 1. The van der Waals surface area contributed by atoms with Crippen molar-refractivity contribution in [2.75, 3.05) is 0 Å².